The first-order valence-electron chi connectivity index (χ1n) is 5.01. The molecule has 0 rings (SSSR count). The van der Waals surface area contributed by atoms with Crippen molar-refractivity contribution < 1.29 is 14.6 Å². The maximum absolute atomic E-state index is 11.3. The normalized spacial score (nSPS) is 11.4. The first-order valence-corrected chi connectivity index (χ1v) is 5.01. The topological polar surface area (TPSA) is 49.8 Å². The molecule has 0 heterocycles. The second kappa shape index (κ2) is 6.79. The number of esters is 1. The van der Waals surface area contributed by atoms with Crippen LogP contribution in [0.5, 0.6) is 0 Å². The van der Waals surface area contributed by atoms with Crippen molar-refractivity contribution in [2.24, 2.45) is 0 Å². The molecule has 0 bridgehead atoms. The second-order valence-electron chi connectivity index (χ2n) is 3.83. The van der Waals surface area contributed by atoms with Crippen LogP contribution in [0.3, 0.4) is 0 Å². The van der Waals surface area contributed by atoms with Gasteiger partial charge in [-0.2, -0.15) is 0 Å². The molecule has 4 nitrogen and oxygen atoms in total. The van der Waals surface area contributed by atoms with E-state index in [1.807, 2.05) is 32.6 Å². The molecule has 0 aliphatic rings. The second-order valence-corrected chi connectivity index (χ2v) is 3.83. The predicted molar refractivity (Wildman–Crippen MR) is 55.0 cm³/mol. The Morgan fingerprint density at radius 3 is 2.29 bits per heavy atom. The maximum atomic E-state index is 11.3. The third-order valence-corrected chi connectivity index (χ3v) is 1.82. The average Bonchev–Trinajstić information content (AvgIpc) is 2.01. The third kappa shape index (κ3) is 5.94. The van der Waals surface area contributed by atoms with Crippen LogP contribution >= 0.6 is 0 Å². The Hall–Kier alpha value is -0.610. The van der Waals surface area contributed by atoms with Gasteiger partial charge in [-0.05, 0) is 27.7 Å². The van der Waals surface area contributed by atoms with Crippen molar-refractivity contribution >= 4 is 5.97 Å². The van der Waals surface area contributed by atoms with E-state index < -0.39 is 0 Å². The van der Waals surface area contributed by atoms with Gasteiger partial charge in [-0.3, -0.25) is 9.69 Å². The van der Waals surface area contributed by atoms with E-state index in [1.54, 1.807) is 0 Å². The van der Waals surface area contributed by atoms with Gasteiger partial charge in [0.05, 0.1) is 19.3 Å². The van der Waals surface area contributed by atoms with E-state index in [1.165, 1.54) is 0 Å². The number of ether oxygens (including phenoxy) is 1. The van der Waals surface area contributed by atoms with Crippen molar-refractivity contribution in [3.63, 3.8) is 0 Å². The molecule has 0 aromatic heterocycles. The highest BCUT2D eigenvalue weighted by Crippen LogP contribution is 1.99. The summed E-state index contributed by atoms with van der Waals surface area (Å²) in [4.78, 5) is 13.2. The van der Waals surface area contributed by atoms with Gasteiger partial charge in [0.25, 0.3) is 0 Å². The lowest BCUT2D eigenvalue weighted by Crippen LogP contribution is -2.38. The Balaban J connectivity index is 3.96. The summed E-state index contributed by atoms with van der Waals surface area (Å²) in [5, 5.41) is 8.79. The van der Waals surface area contributed by atoms with Crippen LogP contribution < -0.4 is 0 Å². The maximum Gasteiger partial charge on any atom is 0.320 e. The minimum Gasteiger partial charge on any atom is -0.462 e. The van der Waals surface area contributed by atoms with Crippen LogP contribution in [0, 0.1) is 0 Å². The van der Waals surface area contributed by atoms with Crippen molar-refractivity contribution in [1.29, 1.82) is 0 Å². The Kier molecular flexibility index (Phi) is 6.49. The van der Waals surface area contributed by atoms with E-state index >= 15 is 0 Å². The predicted octanol–water partition coefficient (Wildman–Crippen LogP) is 0.641. The molecule has 84 valence electrons. The van der Waals surface area contributed by atoms with Gasteiger partial charge < -0.3 is 9.84 Å². The van der Waals surface area contributed by atoms with E-state index in [9.17, 15) is 4.79 Å². The highest BCUT2D eigenvalue weighted by atomic mass is 16.5. The van der Waals surface area contributed by atoms with Crippen LogP contribution in [0.4, 0.5) is 0 Å². The molecule has 0 amide bonds. The minimum absolute atomic E-state index is 0.0626. The van der Waals surface area contributed by atoms with E-state index in [2.05, 4.69) is 0 Å². The third-order valence-electron chi connectivity index (χ3n) is 1.82. The summed E-state index contributed by atoms with van der Waals surface area (Å²) in [6.45, 7) is 8.43. The zero-order valence-electron chi connectivity index (χ0n) is 9.49. The Labute approximate surface area is 85.9 Å². The molecule has 0 aliphatic carbocycles. The highest BCUT2D eigenvalue weighted by Gasteiger charge is 2.14. The van der Waals surface area contributed by atoms with Crippen LogP contribution in [0.25, 0.3) is 0 Å². The number of rotatable bonds is 6. The lowest BCUT2D eigenvalue weighted by Gasteiger charge is -2.24. The van der Waals surface area contributed by atoms with Crippen LogP contribution in [0.2, 0.25) is 0 Å². The SMILES string of the molecule is CC(C)OC(=O)CN(CCO)C(C)C. The number of hydrogen-bond acceptors (Lipinski definition) is 4. The summed E-state index contributed by atoms with van der Waals surface area (Å²) in [7, 11) is 0. The number of hydrogen-bond donors (Lipinski definition) is 1. The number of carbonyl (C=O) groups is 1. The lowest BCUT2D eigenvalue weighted by molar-refractivity contribution is -0.149. The Morgan fingerprint density at radius 2 is 1.93 bits per heavy atom. The van der Waals surface area contributed by atoms with Crippen molar-refractivity contribution in [2.45, 2.75) is 39.8 Å². The van der Waals surface area contributed by atoms with Gasteiger partial charge in [-0.15, -0.1) is 0 Å². The number of aliphatic hydroxyl groups is 1. The molecule has 0 unspecified atom stereocenters. The number of aliphatic hydroxyl groups excluding tert-OH is 1. The van der Waals surface area contributed by atoms with Crippen molar-refractivity contribution in [2.75, 3.05) is 19.7 Å². The molecular formula is C10H21NO3. The van der Waals surface area contributed by atoms with Crippen LogP contribution in [-0.4, -0.2) is 47.8 Å². The van der Waals surface area contributed by atoms with Gasteiger partial charge in [0, 0.05) is 12.6 Å². The van der Waals surface area contributed by atoms with Crippen LogP contribution in [0.1, 0.15) is 27.7 Å². The van der Waals surface area contributed by atoms with Gasteiger partial charge >= 0.3 is 5.97 Å². The molecule has 0 radical (unpaired) electrons. The van der Waals surface area contributed by atoms with Gasteiger partial charge in [0.1, 0.15) is 0 Å². The summed E-state index contributed by atoms with van der Waals surface area (Å²) < 4.78 is 5.01. The summed E-state index contributed by atoms with van der Waals surface area (Å²) >= 11 is 0. The lowest BCUT2D eigenvalue weighted by atomic mass is 10.3. The van der Waals surface area contributed by atoms with Gasteiger partial charge in [-0.25, -0.2) is 0 Å². The first kappa shape index (κ1) is 13.4. The van der Waals surface area contributed by atoms with Crippen molar-refractivity contribution in [1.82, 2.24) is 4.90 Å². The largest absolute Gasteiger partial charge is 0.462 e. The molecular weight excluding hydrogens is 182 g/mol. The number of nitrogens with zero attached hydrogens (tertiary/aromatic N) is 1. The van der Waals surface area contributed by atoms with Crippen LogP contribution in [0.15, 0.2) is 0 Å². The fourth-order valence-electron chi connectivity index (χ4n) is 1.11. The zero-order valence-corrected chi connectivity index (χ0v) is 9.49. The van der Waals surface area contributed by atoms with Gasteiger partial charge in [-0.1, -0.05) is 0 Å². The van der Waals surface area contributed by atoms with Gasteiger partial charge in [0.2, 0.25) is 0 Å². The van der Waals surface area contributed by atoms with E-state index in [0.717, 1.165) is 0 Å². The van der Waals surface area contributed by atoms with Crippen molar-refractivity contribution in [3.05, 3.63) is 0 Å². The van der Waals surface area contributed by atoms with Crippen LogP contribution in [-0.2, 0) is 9.53 Å². The fourth-order valence-corrected chi connectivity index (χ4v) is 1.11. The summed E-state index contributed by atoms with van der Waals surface area (Å²) in [6.07, 6.45) is -0.0781. The zero-order chi connectivity index (χ0) is 11.1. The average molecular weight is 203 g/mol. The smallest absolute Gasteiger partial charge is 0.320 e. The standard InChI is InChI=1S/C10H21NO3/c1-8(2)11(5-6-12)7-10(13)14-9(3)4/h8-9,12H,5-7H2,1-4H3. The summed E-state index contributed by atoms with van der Waals surface area (Å²) in [6, 6.07) is 0.238. The molecule has 4 heteroatoms. The minimum atomic E-state index is -0.234. The number of carbonyl (C=O) groups excluding carboxylic acids is 1. The molecule has 14 heavy (non-hydrogen) atoms. The van der Waals surface area contributed by atoms with Crippen molar-refractivity contribution in [3.8, 4) is 0 Å². The molecule has 1 N–H and O–H groups in total. The monoisotopic (exact) mass is 203 g/mol. The molecule has 0 fully saturated rings. The van der Waals surface area contributed by atoms with E-state index in [-0.39, 0.29) is 31.3 Å². The molecule has 0 aromatic rings. The quantitative estimate of drug-likeness (QED) is 0.644. The fraction of sp³-hybridized carbons (Fsp3) is 0.900. The first-order chi connectivity index (χ1) is 6.47. The molecule has 0 aliphatic heterocycles. The van der Waals surface area contributed by atoms with E-state index in [4.69, 9.17) is 9.84 Å². The highest BCUT2D eigenvalue weighted by molar-refractivity contribution is 5.71. The summed E-state index contributed by atoms with van der Waals surface area (Å²) in [5.74, 6) is -0.234. The Bertz CT molecular complexity index is 169. The molecule has 0 atom stereocenters. The van der Waals surface area contributed by atoms with Gasteiger partial charge in [0.15, 0.2) is 0 Å². The molecule has 0 saturated heterocycles. The summed E-state index contributed by atoms with van der Waals surface area (Å²) in [5.41, 5.74) is 0. The Morgan fingerprint density at radius 1 is 1.36 bits per heavy atom. The van der Waals surface area contributed by atoms with E-state index in [0.29, 0.717) is 6.54 Å². The molecule has 0 aromatic carbocycles. The molecule has 0 saturated carbocycles. The molecule has 0 spiro atoms.